The fourth-order valence-electron chi connectivity index (χ4n) is 1.63. The Labute approximate surface area is 93.5 Å². The number of rotatable bonds is 1. The van der Waals surface area contributed by atoms with Gasteiger partial charge >= 0.3 is 0 Å². The van der Waals surface area contributed by atoms with Crippen molar-refractivity contribution in [1.82, 2.24) is 15.0 Å². The molecule has 0 aromatic carbocycles. The second-order valence-electron chi connectivity index (χ2n) is 3.63. The van der Waals surface area contributed by atoms with Gasteiger partial charge in [-0.1, -0.05) is 11.6 Å². The molecule has 0 amide bonds. The van der Waals surface area contributed by atoms with Crippen LogP contribution in [0.15, 0.2) is 12.1 Å². The van der Waals surface area contributed by atoms with Crippen LogP contribution in [0.4, 0.5) is 0 Å². The van der Waals surface area contributed by atoms with Crippen LogP contribution in [0, 0.1) is 20.8 Å². The van der Waals surface area contributed by atoms with Gasteiger partial charge in [0.15, 0.2) is 5.15 Å². The number of halogens is 1. The van der Waals surface area contributed by atoms with E-state index in [-0.39, 0.29) is 0 Å². The maximum atomic E-state index is 6.02. The molecular weight excluding hydrogens is 210 g/mol. The minimum Gasteiger partial charge on any atom is -0.341 e. The Hall–Kier alpha value is -1.35. The molecule has 0 aliphatic carbocycles. The van der Waals surface area contributed by atoms with Gasteiger partial charge in [-0.05, 0) is 32.9 Å². The van der Waals surface area contributed by atoms with Crippen molar-refractivity contribution in [3.63, 3.8) is 0 Å². The fourth-order valence-corrected chi connectivity index (χ4v) is 1.92. The van der Waals surface area contributed by atoms with Crippen LogP contribution in [0.3, 0.4) is 0 Å². The molecule has 0 bridgehead atoms. The van der Waals surface area contributed by atoms with E-state index < -0.39 is 0 Å². The van der Waals surface area contributed by atoms with Gasteiger partial charge in [0.2, 0.25) is 0 Å². The van der Waals surface area contributed by atoms with Crippen LogP contribution >= 0.6 is 11.6 Å². The predicted octanol–water partition coefficient (Wildman–Crippen LogP) is 3.05. The number of hydrogen-bond donors (Lipinski definition) is 1. The lowest BCUT2D eigenvalue weighted by atomic mass is 10.1. The summed E-state index contributed by atoms with van der Waals surface area (Å²) >= 11 is 6.02. The van der Waals surface area contributed by atoms with E-state index >= 15 is 0 Å². The van der Waals surface area contributed by atoms with Gasteiger partial charge in [0.25, 0.3) is 0 Å². The van der Waals surface area contributed by atoms with Crippen LogP contribution in [0.2, 0.25) is 5.15 Å². The number of H-pyrrole nitrogens is 1. The smallest absolute Gasteiger partial charge is 0.155 e. The highest BCUT2D eigenvalue weighted by molar-refractivity contribution is 6.31. The van der Waals surface area contributed by atoms with E-state index in [4.69, 9.17) is 11.6 Å². The molecule has 2 heterocycles. The quantitative estimate of drug-likeness (QED) is 0.804. The van der Waals surface area contributed by atoms with E-state index in [1.165, 1.54) is 0 Å². The molecule has 0 aliphatic rings. The third-order valence-corrected chi connectivity index (χ3v) is 2.42. The van der Waals surface area contributed by atoms with Gasteiger partial charge in [-0.25, -0.2) is 4.98 Å². The van der Waals surface area contributed by atoms with Crippen LogP contribution in [-0.2, 0) is 0 Å². The van der Waals surface area contributed by atoms with E-state index in [0.717, 1.165) is 28.5 Å². The molecule has 0 atom stereocenters. The lowest BCUT2D eigenvalue weighted by Gasteiger charge is -2.02. The second kappa shape index (κ2) is 3.66. The molecule has 2 aromatic heterocycles. The summed E-state index contributed by atoms with van der Waals surface area (Å²) in [6.45, 7) is 5.82. The van der Waals surface area contributed by atoms with Gasteiger partial charge in [-0.2, -0.15) is 0 Å². The third kappa shape index (κ3) is 2.02. The van der Waals surface area contributed by atoms with Gasteiger partial charge in [-0.15, -0.1) is 0 Å². The lowest BCUT2D eigenvalue weighted by molar-refractivity contribution is 1.12. The maximum absolute atomic E-state index is 6.02. The molecule has 2 rings (SSSR count). The summed E-state index contributed by atoms with van der Waals surface area (Å²) in [6, 6.07) is 3.98. The minimum absolute atomic E-state index is 0.512. The Kier molecular flexibility index (Phi) is 2.49. The molecule has 0 aliphatic heterocycles. The van der Waals surface area contributed by atoms with Crippen LogP contribution < -0.4 is 0 Å². The Morgan fingerprint density at radius 1 is 1.07 bits per heavy atom. The SMILES string of the molecule is Cc1cc(-c2[nH]c(C)nc2Cl)cc(C)n1. The van der Waals surface area contributed by atoms with E-state index in [1.54, 1.807) is 0 Å². The van der Waals surface area contributed by atoms with Gasteiger partial charge in [0.1, 0.15) is 5.82 Å². The number of hydrogen-bond acceptors (Lipinski definition) is 2. The van der Waals surface area contributed by atoms with Crippen molar-refractivity contribution in [3.8, 4) is 11.3 Å². The molecule has 0 saturated heterocycles. The summed E-state index contributed by atoms with van der Waals surface area (Å²) in [4.78, 5) is 11.6. The number of aryl methyl sites for hydroxylation is 3. The van der Waals surface area contributed by atoms with E-state index in [2.05, 4.69) is 15.0 Å². The van der Waals surface area contributed by atoms with Crippen molar-refractivity contribution in [2.75, 3.05) is 0 Å². The van der Waals surface area contributed by atoms with Crippen molar-refractivity contribution in [2.45, 2.75) is 20.8 Å². The first kappa shape index (κ1) is 10.2. The van der Waals surface area contributed by atoms with E-state index in [1.807, 2.05) is 32.9 Å². The van der Waals surface area contributed by atoms with Gasteiger partial charge < -0.3 is 4.98 Å². The molecular formula is C11H12ClN3. The van der Waals surface area contributed by atoms with Crippen molar-refractivity contribution in [1.29, 1.82) is 0 Å². The van der Waals surface area contributed by atoms with Crippen molar-refractivity contribution >= 4 is 11.6 Å². The largest absolute Gasteiger partial charge is 0.341 e. The summed E-state index contributed by atoms with van der Waals surface area (Å²) in [6.07, 6.45) is 0. The second-order valence-corrected chi connectivity index (χ2v) is 3.98. The Balaban J connectivity index is 2.58. The van der Waals surface area contributed by atoms with E-state index in [0.29, 0.717) is 5.15 Å². The number of pyridine rings is 1. The monoisotopic (exact) mass is 221 g/mol. The standard InChI is InChI=1S/C11H12ClN3/c1-6-4-9(5-7(2)13-6)10-11(12)15-8(3)14-10/h4-5H,1-3H3,(H,14,15). The summed E-state index contributed by atoms with van der Waals surface area (Å²) < 4.78 is 0. The first-order valence-corrected chi connectivity index (χ1v) is 5.12. The van der Waals surface area contributed by atoms with Crippen LogP contribution in [0.25, 0.3) is 11.3 Å². The molecule has 1 N–H and O–H groups in total. The Morgan fingerprint density at radius 3 is 2.13 bits per heavy atom. The highest BCUT2D eigenvalue weighted by Gasteiger charge is 2.09. The number of aromatic amines is 1. The van der Waals surface area contributed by atoms with Gasteiger partial charge in [0, 0.05) is 17.0 Å². The van der Waals surface area contributed by atoms with Crippen LogP contribution in [-0.4, -0.2) is 15.0 Å². The Morgan fingerprint density at radius 2 is 1.67 bits per heavy atom. The lowest BCUT2D eigenvalue weighted by Crippen LogP contribution is -1.88. The number of imidazole rings is 1. The summed E-state index contributed by atoms with van der Waals surface area (Å²) in [5.41, 5.74) is 3.86. The van der Waals surface area contributed by atoms with E-state index in [9.17, 15) is 0 Å². The van der Waals surface area contributed by atoms with Crippen LogP contribution in [0.5, 0.6) is 0 Å². The fraction of sp³-hybridized carbons (Fsp3) is 0.273. The molecule has 3 nitrogen and oxygen atoms in total. The molecule has 0 fully saturated rings. The summed E-state index contributed by atoms with van der Waals surface area (Å²) in [5, 5.41) is 0.512. The molecule has 0 spiro atoms. The zero-order valence-electron chi connectivity index (χ0n) is 8.93. The molecule has 78 valence electrons. The van der Waals surface area contributed by atoms with Crippen molar-refractivity contribution in [3.05, 3.63) is 34.5 Å². The molecule has 4 heteroatoms. The molecule has 0 radical (unpaired) electrons. The molecule has 0 unspecified atom stereocenters. The summed E-state index contributed by atoms with van der Waals surface area (Å²) in [5.74, 6) is 0.821. The van der Waals surface area contributed by atoms with Gasteiger partial charge in [-0.3, -0.25) is 4.98 Å². The highest BCUT2D eigenvalue weighted by atomic mass is 35.5. The molecule has 2 aromatic rings. The Bertz CT molecular complexity index is 482. The molecule has 0 saturated carbocycles. The average Bonchev–Trinajstić information content (AvgIpc) is 2.43. The number of aromatic nitrogens is 3. The average molecular weight is 222 g/mol. The maximum Gasteiger partial charge on any atom is 0.155 e. The summed E-state index contributed by atoms with van der Waals surface area (Å²) in [7, 11) is 0. The number of nitrogens with zero attached hydrogens (tertiary/aromatic N) is 2. The molecule has 15 heavy (non-hydrogen) atoms. The highest BCUT2D eigenvalue weighted by Crippen LogP contribution is 2.26. The zero-order valence-corrected chi connectivity index (χ0v) is 9.68. The minimum atomic E-state index is 0.512. The number of nitrogens with one attached hydrogen (secondary N) is 1. The predicted molar refractivity (Wildman–Crippen MR) is 61.0 cm³/mol. The van der Waals surface area contributed by atoms with Crippen molar-refractivity contribution < 1.29 is 0 Å². The normalized spacial score (nSPS) is 10.7. The first-order chi connectivity index (χ1) is 7.06. The third-order valence-electron chi connectivity index (χ3n) is 2.15. The topological polar surface area (TPSA) is 41.6 Å². The zero-order chi connectivity index (χ0) is 11.0. The van der Waals surface area contributed by atoms with Gasteiger partial charge in [0.05, 0.1) is 5.69 Å². The van der Waals surface area contributed by atoms with Crippen LogP contribution in [0.1, 0.15) is 17.2 Å². The van der Waals surface area contributed by atoms with Crippen molar-refractivity contribution in [2.24, 2.45) is 0 Å². The first-order valence-electron chi connectivity index (χ1n) is 4.74.